The number of ether oxygens (including phenoxy) is 1. The third kappa shape index (κ3) is 4.40. The summed E-state index contributed by atoms with van der Waals surface area (Å²) in [7, 11) is 1.57. The number of carboxylic acids is 1. The van der Waals surface area contributed by atoms with Gasteiger partial charge in [0.05, 0.1) is 23.9 Å². The van der Waals surface area contributed by atoms with Crippen LogP contribution in [0.15, 0.2) is 35.7 Å². The molecule has 0 spiro atoms. The molecule has 122 valence electrons. The summed E-state index contributed by atoms with van der Waals surface area (Å²) in [5, 5.41) is 13.8. The van der Waals surface area contributed by atoms with Crippen LogP contribution in [-0.4, -0.2) is 24.1 Å². The van der Waals surface area contributed by atoms with E-state index in [1.54, 1.807) is 7.11 Å². The number of rotatable bonds is 7. The molecule has 0 aliphatic rings. The zero-order chi connectivity index (χ0) is 16.8. The molecular formula is C17H19NO4S. The molecule has 2 N–H and O–H groups in total. The summed E-state index contributed by atoms with van der Waals surface area (Å²) in [6.45, 7) is 2.25. The Bertz CT molecular complexity index is 695. The van der Waals surface area contributed by atoms with E-state index in [1.165, 1.54) is 11.3 Å². The van der Waals surface area contributed by atoms with Crippen molar-refractivity contribution < 1.29 is 19.4 Å². The predicted molar refractivity (Wildman–Crippen MR) is 88.7 cm³/mol. The molecular weight excluding hydrogens is 314 g/mol. The highest BCUT2D eigenvalue weighted by Crippen LogP contribution is 2.23. The number of aryl methyl sites for hydroxylation is 1. The van der Waals surface area contributed by atoms with Crippen molar-refractivity contribution in [2.45, 2.75) is 26.0 Å². The number of carbonyl (C=O) groups is 2. The smallest absolute Gasteiger partial charge is 0.305 e. The van der Waals surface area contributed by atoms with Gasteiger partial charge in [0, 0.05) is 12.7 Å². The van der Waals surface area contributed by atoms with Gasteiger partial charge in [0.25, 0.3) is 5.91 Å². The number of amides is 1. The number of aliphatic carboxylic acids is 1. The number of carbonyl (C=O) groups excluding carboxylic acids is 1. The van der Waals surface area contributed by atoms with Crippen LogP contribution in [0.5, 0.6) is 0 Å². The number of hydrogen-bond donors (Lipinski definition) is 2. The summed E-state index contributed by atoms with van der Waals surface area (Å²) in [6.07, 6.45) is -0.165. The van der Waals surface area contributed by atoms with Crippen LogP contribution in [0.4, 0.5) is 0 Å². The van der Waals surface area contributed by atoms with E-state index in [2.05, 4.69) is 5.32 Å². The van der Waals surface area contributed by atoms with Gasteiger partial charge in [-0.05, 0) is 29.5 Å². The molecule has 6 heteroatoms. The average Bonchev–Trinajstić information content (AvgIpc) is 2.95. The van der Waals surface area contributed by atoms with Crippen molar-refractivity contribution in [2.24, 2.45) is 0 Å². The van der Waals surface area contributed by atoms with Crippen molar-refractivity contribution in [1.82, 2.24) is 5.32 Å². The highest BCUT2D eigenvalue weighted by molar-refractivity contribution is 7.12. The minimum atomic E-state index is -0.957. The Morgan fingerprint density at radius 2 is 2.04 bits per heavy atom. The minimum absolute atomic E-state index is 0.165. The van der Waals surface area contributed by atoms with E-state index in [9.17, 15) is 9.59 Å². The monoisotopic (exact) mass is 333 g/mol. The first-order valence-electron chi connectivity index (χ1n) is 7.16. The summed E-state index contributed by atoms with van der Waals surface area (Å²) in [5.74, 6) is -1.23. The maximum Gasteiger partial charge on any atom is 0.305 e. The summed E-state index contributed by atoms with van der Waals surface area (Å²) in [5.41, 5.74) is 2.56. The van der Waals surface area contributed by atoms with Gasteiger partial charge in [-0.25, -0.2) is 0 Å². The minimum Gasteiger partial charge on any atom is -0.481 e. The fourth-order valence-electron chi connectivity index (χ4n) is 2.42. The van der Waals surface area contributed by atoms with E-state index in [-0.39, 0.29) is 12.3 Å². The second-order valence-corrected chi connectivity index (χ2v) is 6.10. The largest absolute Gasteiger partial charge is 0.481 e. The summed E-state index contributed by atoms with van der Waals surface area (Å²) in [4.78, 5) is 24.2. The van der Waals surface area contributed by atoms with Crippen LogP contribution in [-0.2, 0) is 16.1 Å². The first-order chi connectivity index (χ1) is 11.0. The lowest BCUT2D eigenvalue weighted by molar-refractivity contribution is -0.137. The number of benzene rings is 1. The highest BCUT2D eigenvalue weighted by atomic mass is 32.1. The summed E-state index contributed by atoms with van der Waals surface area (Å²) >= 11 is 1.32. The fourth-order valence-corrected chi connectivity index (χ4v) is 3.23. The van der Waals surface area contributed by atoms with Gasteiger partial charge in [-0.1, -0.05) is 24.3 Å². The van der Waals surface area contributed by atoms with Gasteiger partial charge in [-0.15, -0.1) is 11.3 Å². The molecule has 0 fully saturated rings. The first-order valence-corrected chi connectivity index (χ1v) is 8.04. The van der Waals surface area contributed by atoms with Crippen molar-refractivity contribution in [2.75, 3.05) is 7.11 Å². The third-order valence-corrected chi connectivity index (χ3v) is 4.46. The van der Waals surface area contributed by atoms with Crippen LogP contribution in [0.3, 0.4) is 0 Å². The molecule has 23 heavy (non-hydrogen) atoms. The number of methoxy groups -OCH3 is 1. The number of nitrogens with one attached hydrogen (secondary N) is 1. The topological polar surface area (TPSA) is 75.6 Å². The SMILES string of the molecule is COCc1ccsc1C(=O)NC(CC(=O)O)c1ccccc1C. The molecule has 0 bridgehead atoms. The van der Waals surface area contributed by atoms with Crippen molar-refractivity contribution in [3.63, 3.8) is 0 Å². The molecule has 2 aromatic rings. The van der Waals surface area contributed by atoms with E-state index in [0.29, 0.717) is 11.5 Å². The van der Waals surface area contributed by atoms with Crippen LogP contribution >= 0.6 is 11.3 Å². The third-order valence-electron chi connectivity index (χ3n) is 3.50. The van der Waals surface area contributed by atoms with Crippen molar-refractivity contribution in [3.05, 3.63) is 57.3 Å². The van der Waals surface area contributed by atoms with Crippen LogP contribution < -0.4 is 5.32 Å². The Labute approximate surface area is 138 Å². The van der Waals surface area contributed by atoms with Crippen molar-refractivity contribution in [1.29, 1.82) is 0 Å². The Morgan fingerprint density at radius 1 is 1.30 bits per heavy atom. The van der Waals surface area contributed by atoms with Gasteiger partial charge < -0.3 is 15.2 Å². The molecule has 0 aliphatic heterocycles. The van der Waals surface area contributed by atoms with Gasteiger partial charge in [0.2, 0.25) is 0 Å². The van der Waals surface area contributed by atoms with E-state index in [1.807, 2.05) is 42.6 Å². The van der Waals surface area contributed by atoms with Crippen LogP contribution in [0.1, 0.15) is 38.8 Å². The Kier molecular flexibility index (Phi) is 5.90. The van der Waals surface area contributed by atoms with E-state index >= 15 is 0 Å². The van der Waals surface area contributed by atoms with Crippen molar-refractivity contribution in [3.8, 4) is 0 Å². The van der Waals surface area contributed by atoms with Gasteiger partial charge in [-0.3, -0.25) is 9.59 Å². The molecule has 1 heterocycles. The standard InChI is InChI=1S/C17H19NO4S/c1-11-5-3-4-6-13(11)14(9-15(19)20)18-17(21)16-12(10-22-2)7-8-23-16/h3-8,14H,9-10H2,1-2H3,(H,18,21)(H,19,20). The van der Waals surface area contributed by atoms with Crippen LogP contribution in [0.25, 0.3) is 0 Å². The molecule has 0 saturated heterocycles. The quantitative estimate of drug-likeness (QED) is 0.816. The summed E-state index contributed by atoms with van der Waals surface area (Å²) in [6, 6.07) is 8.73. The molecule has 1 aromatic heterocycles. The Morgan fingerprint density at radius 3 is 2.70 bits per heavy atom. The lowest BCUT2D eigenvalue weighted by Crippen LogP contribution is -2.30. The van der Waals surface area contributed by atoms with Gasteiger partial charge >= 0.3 is 5.97 Å². The van der Waals surface area contributed by atoms with Crippen LogP contribution in [0.2, 0.25) is 0 Å². The summed E-state index contributed by atoms with van der Waals surface area (Å²) < 4.78 is 5.08. The second-order valence-electron chi connectivity index (χ2n) is 5.19. The normalized spacial score (nSPS) is 11.9. The molecule has 0 saturated carbocycles. The predicted octanol–water partition coefficient (Wildman–Crippen LogP) is 3.15. The maximum absolute atomic E-state index is 12.5. The zero-order valence-corrected chi connectivity index (χ0v) is 13.9. The van der Waals surface area contributed by atoms with E-state index < -0.39 is 12.0 Å². The lowest BCUT2D eigenvalue weighted by Gasteiger charge is -2.19. The molecule has 1 unspecified atom stereocenters. The Hall–Kier alpha value is -2.18. The average molecular weight is 333 g/mol. The first kappa shape index (κ1) is 17.2. The molecule has 2 rings (SSSR count). The van der Waals surface area contributed by atoms with E-state index in [0.717, 1.165) is 16.7 Å². The Balaban J connectivity index is 2.24. The van der Waals surface area contributed by atoms with Gasteiger partial charge in [0.15, 0.2) is 0 Å². The molecule has 5 nitrogen and oxygen atoms in total. The molecule has 0 aliphatic carbocycles. The number of hydrogen-bond acceptors (Lipinski definition) is 4. The molecule has 1 atom stereocenters. The van der Waals surface area contributed by atoms with Gasteiger partial charge in [0.1, 0.15) is 0 Å². The highest BCUT2D eigenvalue weighted by Gasteiger charge is 2.22. The molecule has 0 radical (unpaired) electrons. The zero-order valence-electron chi connectivity index (χ0n) is 13.0. The molecule has 1 amide bonds. The second kappa shape index (κ2) is 7.89. The van der Waals surface area contributed by atoms with E-state index in [4.69, 9.17) is 9.84 Å². The van der Waals surface area contributed by atoms with Crippen molar-refractivity contribution >= 4 is 23.2 Å². The van der Waals surface area contributed by atoms with Gasteiger partial charge in [-0.2, -0.15) is 0 Å². The fraction of sp³-hybridized carbons (Fsp3) is 0.294. The van der Waals surface area contributed by atoms with Crippen LogP contribution in [0, 0.1) is 6.92 Å². The maximum atomic E-state index is 12.5. The number of carboxylic acid groups (broad SMARTS) is 1. The number of thiophene rings is 1. The lowest BCUT2D eigenvalue weighted by atomic mass is 9.98. The molecule has 1 aromatic carbocycles.